The van der Waals surface area contributed by atoms with E-state index in [-0.39, 0.29) is 5.82 Å². The first-order valence-electron chi connectivity index (χ1n) is 6.93. The molecule has 1 saturated heterocycles. The van der Waals surface area contributed by atoms with Gasteiger partial charge in [-0.2, -0.15) is 0 Å². The van der Waals surface area contributed by atoms with E-state index in [2.05, 4.69) is 22.1 Å². The van der Waals surface area contributed by atoms with Gasteiger partial charge in [-0.1, -0.05) is 6.07 Å². The van der Waals surface area contributed by atoms with Crippen molar-refractivity contribution < 1.29 is 4.39 Å². The molecule has 104 valence electrons. The highest BCUT2D eigenvalue weighted by molar-refractivity contribution is 5.68. The third-order valence-electron chi connectivity index (χ3n) is 3.76. The van der Waals surface area contributed by atoms with Gasteiger partial charge >= 0.3 is 0 Å². The number of benzene rings is 1. The van der Waals surface area contributed by atoms with E-state index in [4.69, 9.17) is 0 Å². The maximum Gasteiger partial charge on any atom is 0.131 e. The maximum absolute atomic E-state index is 14.1. The number of pyridine rings is 1. The summed E-state index contributed by atoms with van der Waals surface area (Å²) in [5, 5.41) is 3.37. The van der Waals surface area contributed by atoms with Crippen molar-refractivity contribution in [3.63, 3.8) is 0 Å². The van der Waals surface area contributed by atoms with Crippen LogP contribution in [-0.2, 0) is 0 Å². The molecule has 0 saturated carbocycles. The molecule has 1 unspecified atom stereocenters. The van der Waals surface area contributed by atoms with Crippen molar-refractivity contribution >= 4 is 5.69 Å². The Balaban J connectivity index is 1.98. The fourth-order valence-electron chi connectivity index (χ4n) is 2.66. The van der Waals surface area contributed by atoms with Crippen LogP contribution in [0.3, 0.4) is 0 Å². The molecular formula is C16H18FN3. The molecule has 0 spiro atoms. The van der Waals surface area contributed by atoms with Gasteiger partial charge in [0.25, 0.3) is 0 Å². The fraction of sp³-hybridized carbons (Fsp3) is 0.312. The monoisotopic (exact) mass is 271 g/mol. The summed E-state index contributed by atoms with van der Waals surface area (Å²) in [5.41, 5.74) is 2.50. The van der Waals surface area contributed by atoms with Gasteiger partial charge in [-0.05, 0) is 31.2 Å². The van der Waals surface area contributed by atoms with Crippen LogP contribution in [-0.4, -0.2) is 30.7 Å². The quantitative estimate of drug-likeness (QED) is 0.910. The lowest BCUT2D eigenvalue weighted by atomic mass is 10.0. The number of nitrogens with zero attached hydrogens (tertiary/aromatic N) is 2. The Morgan fingerprint density at radius 3 is 3.00 bits per heavy atom. The molecule has 0 amide bonds. The van der Waals surface area contributed by atoms with Crippen LogP contribution >= 0.6 is 0 Å². The normalized spacial score (nSPS) is 19.1. The third kappa shape index (κ3) is 2.51. The molecule has 1 aliphatic heterocycles. The zero-order valence-corrected chi connectivity index (χ0v) is 11.5. The Morgan fingerprint density at radius 2 is 2.25 bits per heavy atom. The van der Waals surface area contributed by atoms with E-state index in [0.29, 0.717) is 11.6 Å². The smallest absolute Gasteiger partial charge is 0.131 e. The zero-order valence-electron chi connectivity index (χ0n) is 11.5. The molecule has 1 aliphatic rings. The molecule has 0 radical (unpaired) electrons. The highest BCUT2D eigenvalue weighted by atomic mass is 19.1. The molecule has 0 aliphatic carbocycles. The van der Waals surface area contributed by atoms with E-state index in [9.17, 15) is 4.39 Å². The number of nitrogens with one attached hydrogen (secondary N) is 1. The van der Waals surface area contributed by atoms with Crippen molar-refractivity contribution in [1.29, 1.82) is 0 Å². The van der Waals surface area contributed by atoms with Crippen LogP contribution in [0.25, 0.3) is 11.1 Å². The summed E-state index contributed by atoms with van der Waals surface area (Å²) in [6.07, 6.45) is 3.40. The van der Waals surface area contributed by atoms with Gasteiger partial charge in [0.1, 0.15) is 5.82 Å². The molecule has 3 nitrogen and oxygen atoms in total. The second-order valence-electron chi connectivity index (χ2n) is 5.15. The molecule has 2 heterocycles. The summed E-state index contributed by atoms with van der Waals surface area (Å²) in [6, 6.07) is 9.46. The maximum atomic E-state index is 14.1. The number of hydrogen-bond acceptors (Lipinski definition) is 3. The molecule has 20 heavy (non-hydrogen) atoms. The van der Waals surface area contributed by atoms with Crippen LogP contribution in [0.15, 0.2) is 42.7 Å². The number of anilines is 1. The molecule has 1 atom stereocenters. The molecule has 1 aromatic carbocycles. The van der Waals surface area contributed by atoms with Gasteiger partial charge in [-0.3, -0.25) is 4.98 Å². The molecule has 1 N–H and O–H groups in total. The number of aromatic nitrogens is 1. The first-order valence-corrected chi connectivity index (χ1v) is 6.93. The summed E-state index contributed by atoms with van der Waals surface area (Å²) in [7, 11) is 0. The van der Waals surface area contributed by atoms with Crippen LogP contribution in [0.1, 0.15) is 6.92 Å². The Hall–Kier alpha value is -1.94. The first kappa shape index (κ1) is 13.1. The zero-order chi connectivity index (χ0) is 13.9. The lowest BCUT2D eigenvalue weighted by molar-refractivity contribution is 0.500. The summed E-state index contributed by atoms with van der Waals surface area (Å²) < 4.78 is 14.1. The number of rotatable bonds is 2. The SMILES string of the molecule is CC1CNCCN1c1ccc(F)c(-c2cccnc2)c1. The first-order chi connectivity index (χ1) is 9.75. The Labute approximate surface area is 118 Å². The highest BCUT2D eigenvalue weighted by Gasteiger charge is 2.19. The number of halogens is 1. The van der Waals surface area contributed by atoms with Crippen LogP contribution in [0.4, 0.5) is 10.1 Å². The number of hydrogen-bond donors (Lipinski definition) is 1. The van der Waals surface area contributed by atoms with Crippen molar-refractivity contribution in [2.24, 2.45) is 0 Å². The predicted molar refractivity (Wildman–Crippen MR) is 79.3 cm³/mol. The highest BCUT2D eigenvalue weighted by Crippen LogP contribution is 2.28. The average Bonchev–Trinajstić information content (AvgIpc) is 2.49. The van der Waals surface area contributed by atoms with Crippen molar-refractivity contribution in [2.45, 2.75) is 13.0 Å². The minimum Gasteiger partial charge on any atom is -0.366 e. The van der Waals surface area contributed by atoms with E-state index in [1.54, 1.807) is 18.5 Å². The minimum atomic E-state index is -0.204. The van der Waals surface area contributed by atoms with E-state index < -0.39 is 0 Å². The lowest BCUT2D eigenvalue weighted by Gasteiger charge is -2.36. The topological polar surface area (TPSA) is 28.2 Å². The lowest BCUT2D eigenvalue weighted by Crippen LogP contribution is -2.49. The van der Waals surface area contributed by atoms with E-state index >= 15 is 0 Å². The van der Waals surface area contributed by atoms with Crippen molar-refractivity contribution in [1.82, 2.24) is 10.3 Å². The second kappa shape index (κ2) is 5.59. The van der Waals surface area contributed by atoms with Gasteiger partial charge in [0, 0.05) is 54.9 Å². The Bertz CT molecular complexity index is 586. The molecule has 0 bridgehead atoms. The summed E-state index contributed by atoms with van der Waals surface area (Å²) in [6.45, 7) is 5.04. The molecular weight excluding hydrogens is 253 g/mol. The van der Waals surface area contributed by atoms with Crippen LogP contribution in [0.5, 0.6) is 0 Å². The van der Waals surface area contributed by atoms with Gasteiger partial charge in [0.2, 0.25) is 0 Å². The largest absolute Gasteiger partial charge is 0.366 e. The number of piperazine rings is 1. The average molecular weight is 271 g/mol. The minimum absolute atomic E-state index is 0.204. The van der Waals surface area contributed by atoms with Crippen molar-refractivity contribution in [2.75, 3.05) is 24.5 Å². The van der Waals surface area contributed by atoms with Crippen LogP contribution in [0.2, 0.25) is 0 Å². The van der Waals surface area contributed by atoms with Crippen molar-refractivity contribution in [3.8, 4) is 11.1 Å². The van der Waals surface area contributed by atoms with Gasteiger partial charge in [-0.15, -0.1) is 0 Å². The van der Waals surface area contributed by atoms with Gasteiger partial charge in [0.05, 0.1) is 0 Å². The standard InChI is InChI=1S/C16H18FN3/c1-12-10-19-7-8-20(12)14-4-5-16(17)15(9-14)13-3-2-6-18-11-13/h2-6,9,11-12,19H,7-8,10H2,1H3. The second-order valence-corrected chi connectivity index (χ2v) is 5.15. The molecule has 4 heteroatoms. The summed E-state index contributed by atoms with van der Waals surface area (Å²) in [5.74, 6) is -0.204. The van der Waals surface area contributed by atoms with Crippen molar-refractivity contribution in [3.05, 3.63) is 48.5 Å². The molecule has 2 aromatic rings. The van der Waals surface area contributed by atoms with E-state index in [1.807, 2.05) is 24.3 Å². The molecule has 1 fully saturated rings. The Kier molecular flexibility index (Phi) is 3.65. The summed E-state index contributed by atoms with van der Waals surface area (Å²) in [4.78, 5) is 6.38. The van der Waals surface area contributed by atoms with Gasteiger partial charge in [-0.25, -0.2) is 4.39 Å². The fourth-order valence-corrected chi connectivity index (χ4v) is 2.66. The van der Waals surface area contributed by atoms with Gasteiger partial charge < -0.3 is 10.2 Å². The third-order valence-corrected chi connectivity index (χ3v) is 3.76. The summed E-state index contributed by atoms with van der Waals surface area (Å²) >= 11 is 0. The van der Waals surface area contributed by atoms with E-state index in [1.165, 1.54) is 0 Å². The molecule has 3 rings (SSSR count). The predicted octanol–water partition coefficient (Wildman–Crippen LogP) is 2.69. The van der Waals surface area contributed by atoms with Gasteiger partial charge in [0.15, 0.2) is 0 Å². The Morgan fingerprint density at radius 1 is 1.35 bits per heavy atom. The van der Waals surface area contributed by atoms with Crippen LogP contribution < -0.4 is 10.2 Å². The molecule has 1 aromatic heterocycles. The van der Waals surface area contributed by atoms with E-state index in [0.717, 1.165) is 30.9 Å². The van der Waals surface area contributed by atoms with Crippen LogP contribution in [0, 0.1) is 5.82 Å².